The van der Waals surface area contributed by atoms with Crippen LogP contribution in [0.3, 0.4) is 0 Å². The van der Waals surface area contributed by atoms with Gasteiger partial charge in [0, 0.05) is 24.3 Å². The highest BCUT2D eigenvalue weighted by molar-refractivity contribution is 5.99. The Morgan fingerprint density at radius 3 is 2.12 bits per heavy atom. The van der Waals surface area contributed by atoms with E-state index in [2.05, 4.69) is 26.6 Å². The monoisotopic (exact) mass is 561 g/mol. The minimum Gasteiger partial charge on any atom is -0.480 e. The highest BCUT2D eigenvalue weighted by Gasteiger charge is 2.24. The number of nitrogens with one attached hydrogen (secondary N) is 5. The van der Waals surface area contributed by atoms with E-state index in [0.29, 0.717) is 12.2 Å². The quantitative estimate of drug-likeness (QED) is 0.197. The standard InChI is InChI=1S/C29H31N5O7/c1-19(25(35)30-17-24(27(37)38)34-29(40)41-18-21-11-6-3-7-12-21)32-26(36)22-13-8-14-23(15-22)33-28(39)31-16-20-9-4-2-5-10-20/h2-15,19,24H,16-18H2,1H3,(H,30,35)(H,32,36)(H,34,40)(H,37,38)(H2,31,33,39)/t19-,24+/m0/s1. The van der Waals surface area contributed by atoms with Crippen LogP contribution in [-0.4, -0.2) is 53.6 Å². The number of ether oxygens (including phenoxy) is 1. The highest BCUT2D eigenvalue weighted by atomic mass is 16.5. The molecule has 0 aliphatic carbocycles. The molecule has 0 spiro atoms. The van der Waals surface area contributed by atoms with Gasteiger partial charge in [-0.3, -0.25) is 9.59 Å². The molecule has 6 N–H and O–H groups in total. The van der Waals surface area contributed by atoms with Crippen molar-refractivity contribution in [2.24, 2.45) is 0 Å². The maximum absolute atomic E-state index is 12.7. The molecule has 0 aromatic heterocycles. The van der Waals surface area contributed by atoms with E-state index in [9.17, 15) is 29.1 Å². The average molecular weight is 562 g/mol. The third-order valence-electron chi connectivity index (χ3n) is 5.70. The van der Waals surface area contributed by atoms with E-state index >= 15 is 0 Å². The van der Waals surface area contributed by atoms with Crippen molar-refractivity contribution in [1.82, 2.24) is 21.3 Å². The van der Waals surface area contributed by atoms with Crippen molar-refractivity contribution >= 4 is 35.6 Å². The van der Waals surface area contributed by atoms with Crippen LogP contribution in [0.2, 0.25) is 0 Å². The summed E-state index contributed by atoms with van der Waals surface area (Å²) >= 11 is 0. The molecular formula is C29H31N5O7. The summed E-state index contributed by atoms with van der Waals surface area (Å²) in [5.41, 5.74) is 2.21. The van der Waals surface area contributed by atoms with Gasteiger partial charge in [-0.2, -0.15) is 0 Å². The zero-order valence-electron chi connectivity index (χ0n) is 22.3. The van der Waals surface area contributed by atoms with Gasteiger partial charge in [0.15, 0.2) is 0 Å². The maximum Gasteiger partial charge on any atom is 0.408 e. The SMILES string of the molecule is C[C@H](NC(=O)c1cccc(NC(=O)NCc2ccccc2)c1)C(=O)NC[C@@H](NC(=O)OCc1ccccc1)C(=O)O. The van der Waals surface area contributed by atoms with Gasteiger partial charge in [-0.15, -0.1) is 0 Å². The summed E-state index contributed by atoms with van der Waals surface area (Å²) in [6.45, 7) is 1.26. The number of amides is 5. The molecule has 214 valence electrons. The fourth-order valence-electron chi connectivity index (χ4n) is 3.50. The lowest BCUT2D eigenvalue weighted by Crippen LogP contribution is -2.52. The van der Waals surface area contributed by atoms with Gasteiger partial charge < -0.3 is 36.4 Å². The number of urea groups is 1. The van der Waals surface area contributed by atoms with E-state index in [0.717, 1.165) is 11.1 Å². The molecule has 0 bridgehead atoms. The molecule has 3 aromatic rings. The average Bonchev–Trinajstić information content (AvgIpc) is 2.98. The number of rotatable bonds is 12. The van der Waals surface area contributed by atoms with Gasteiger partial charge in [0.1, 0.15) is 18.7 Å². The number of anilines is 1. The number of alkyl carbamates (subject to hydrolysis) is 1. The Hall–Kier alpha value is -5.39. The number of hydrogen-bond acceptors (Lipinski definition) is 6. The van der Waals surface area contributed by atoms with Gasteiger partial charge >= 0.3 is 18.1 Å². The topological polar surface area (TPSA) is 175 Å². The van der Waals surface area contributed by atoms with E-state index in [1.165, 1.54) is 19.1 Å². The van der Waals surface area contributed by atoms with Gasteiger partial charge in [-0.05, 0) is 36.2 Å². The van der Waals surface area contributed by atoms with Crippen molar-refractivity contribution in [2.75, 3.05) is 11.9 Å². The largest absolute Gasteiger partial charge is 0.480 e. The molecule has 12 nitrogen and oxygen atoms in total. The Labute approximate surface area is 236 Å². The molecule has 5 amide bonds. The fraction of sp³-hybridized carbons (Fsp3) is 0.207. The van der Waals surface area contributed by atoms with Crippen molar-refractivity contribution in [3.63, 3.8) is 0 Å². The zero-order valence-corrected chi connectivity index (χ0v) is 22.3. The van der Waals surface area contributed by atoms with Crippen LogP contribution in [0.4, 0.5) is 15.3 Å². The Balaban J connectivity index is 1.45. The molecule has 0 unspecified atom stereocenters. The van der Waals surface area contributed by atoms with Gasteiger partial charge in [-0.1, -0.05) is 66.7 Å². The van der Waals surface area contributed by atoms with Gasteiger partial charge in [0.05, 0.1) is 0 Å². The van der Waals surface area contributed by atoms with Crippen molar-refractivity contribution < 1.29 is 33.8 Å². The second kappa shape index (κ2) is 15.3. The molecule has 3 rings (SSSR count). The summed E-state index contributed by atoms with van der Waals surface area (Å²) in [6.07, 6.45) is -0.959. The summed E-state index contributed by atoms with van der Waals surface area (Å²) in [5.74, 6) is -2.63. The van der Waals surface area contributed by atoms with Crippen LogP contribution >= 0.6 is 0 Å². The van der Waals surface area contributed by atoms with E-state index in [1.807, 2.05) is 30.3 Å². The summed E-state index contributed by atoms with van der Waals surface area (Å²) in [5, 5.41) is 21.9. The van der Waals surface area contributed by atoms with Crippen molar-refractivity contribution in [1.29, 1.82) is 0 Å². The van der Waals surface area contributed by atoms with Gasteiger partial charge in [0.25, 0.3) is 5.91 Å². The number of carbonyl (C=O) groups is 5. The Kier molecular flexibility index (Phi) is 11.2. The van der Waals surface area contributed by atoms with Gasteiger partial charge in [-0.25, -0.2) is 14.4 Å². The highest BCUT2D eigenvalue weighted by Crippen LogP contribution is 2.11. The normalized spacial score (nSPS) is 11.7. The molecule has 0 heterocycles. The van der Waals surface area contributed by atoms with Crippen LogP contribution in [0.1, 0.15) is 28.4 Å². The van der Waals surface area contributed by atoms with Crippen LogP contribution in [0.15, 0.2) is 84.9 Å². The number of aliphatic carboxylic acids is 1. The molecule has 3 aromatic carbocycles. The fourth-order valence-corrected chi connectivity index (χ4v) is 3.50. The maximum atomic E-state index is 12.7. The van der Waals surface area contributed by atoms with E-state index < -0.39 is 48.5 Å². The molecule has 0 aliphatic heterocycles. The first-order valence-corrected chi connectivity index (χ1v) is 12.7. The number of hydrogen-bond donors (Lipinski definition) is 6. The molecule has 0 radical (unpaired) electrons. The lowest BCUT2D eigenvalue weighted by molar-refractivity contribution is -0.139. The number of carbonyl (C=O) groups excluding carboxylic acids is 4. The minimum absolute atomic E-state index is 0.0521. The first kappa shape index (κ1) is 30.2. The van der Waals surface area contributed by atoms with Crippen molar-refractivity contribution in [3.8, 4) is 0 Å². The van der Waals surface area contributed by atoms with Crippen LogP contribution in [-0.2, 0) is 27.5 Å². The summed E-state index contributed by atoms with van der Waals surface area (Å²) in [4.78, 5) is 61.0. The minimum atomic E-state index is -1.46. The smallest absolute Gasteiger partial charge is 0.408 e. The van der Waals surface area contributed by atoms with Crippen molar-refractivity contribution in [2.45, 2.75) is 32.2 Å². The van der Waals surface area contributed by atoms with Crippen molar-refractivity contribution in [3.05, 3.63) is 102 Å². The van der Waals surface area contributed by atoms with Crippen LogP contribution < -0.4 is 26.6 Å². The first-order valence-electron chi connectivity index (χ1n) is 12.7. The van der Waals surface area contributed by atoms with Crippen LogP contribution in [0.5, 0.6) is 0 Å². The zero-order chi connectivity index (χ0) is 29.6. The molecule has 2 atom stereocenters. The number of carboxylic acid groups (broad SMARTS) is 1. The van der Waals surface area contributed by atoms with Gasteiger partial charge in [0.2, 0.25) is 5.91 Å². The molecule has 0 saturated carbocycles. The van der Waals surface area contributed by atoms with E-state index in [4.69, 9.17) is 4.74 Å². The molecular weight excluding hydrogens is 530 g/mol. The summed E-state index contributed by atoms with van der Waals surface area (Å²) in [6, 6.07) is 21.4. The summed E-state index contributed by atoms with van der Waals surface area (Å²) in [7, 11) is 0. The molecule has 0 fully saturated rings. The van der Waals surface area contributed by atoms with Crippen LogP contribution in [0.25, 0.3) is 0 Å². The third kappa shape index (κ3) is 10.4. The second-order valence-corrected chi connectivity index (χ2v) is 8.91. The summed E-state index contributed by atoms with van der Waals surface area (Å²) < 4.78 is 5.02. The third-order valence-corrected chi connectivity index (χ3v) is 5.70. The molecule has 12 heteroatoms. The number of benzene rings is 3. The predicted octanol–water partition coefficient (Wildman–Crippen LogP) is 2.62. The van der Waals surface area contributed by atoms with E-state index in [-0.39, 0.29) is 12.2 Å². The predicted molar refractivity (Wildman–Crippen MR) is 150 cm³/mol. The lowest BCUT2D eigenvalue weighted by Gasteiger charge is -2.18. The Bertz CT molecular complexity index is 1350. The Morgan fingerprint density at radius 1 is 0.805 bits per heavy atom. The van der Waals surface area contributed by atoms with E-state index in [1.54, 1.807) is 42.5 Å². The second-order valence-electron chi connectivity index (χ2n) is 8.91. The molecule has 0 saturated heterocycles. The molecule has 41 heavy (non-hydrogen) atoms. The first-order chi connectivity index (χ1) is 19.7. The van der Waals surface area contributed by atoms with Crippen LogP contribution in [0, 0.1) is 0 Å². The lowest BCUT2D eigenvalue weighted by atomic mass is 10.1. The number of carboxylic acids is 1. The Morgan fingerprint density at radius 2 is 1.46 bits per heavy atom. The molecule has 0 aliphatic rings.